The van der Waals surface area contributed by atoms with Crippen molar-refractivity contribution in [1.29, 1.82) is 0 Å². The lowest BCUT2D eigenvalue weighted by Crippen LogP contribution is -2.55. The lowest BCUT2D eigenvalue weighted by molar-refractivity contribution is -0.142. The molecule has 3 aliphatic heterocycles. The minimum Gasteiger partial charge on any atom is -0.468 e. The Hall–Kier alpha value is -2.80. The molecule has 4 rings (SSSR count). The highest BCUT2D eigenvalue weighted by Gasteiger charge is 2.58. The van der Waals surface area contributed by atoms with E-state index in [1.54, 1.807) is 24.1 Å². The van der Waals surface area contributed by atoms with E-state index in [9.17, 15) is 19.6 Å². The van der Waals surface area contributed by atoms with Gasteiger partial charge in [0.15, 0.2) is 5.84 Å². The van der Waals surface area contributed by atoms with Gasteiger partial charge in [0.2, 0.25) is 0 Å². The zero-order valence-corrected chi connectivity index (χ0v) is 24.4. The van der Waals surface area contributed by atoms with Gasteiger partial charge in [0.25, 0.3) is 0 Å². The summed E-state index contributed by atoms with van der Waals surface area (Å²) in [5.41, 5.74) is 6.20. The number of ether oxygens (including phenoxy) is 2. The summed E-state index contributed by atoms with van der Waals surface area (Å²) < 4.78 is 36.2. The van der Waals surface area contributed by atoms with Crippen molar-refractivity contribution in [2.75, 3.05) is 13.7 Å². The van der Waals surface area contributed by atoms with Crippen LogP contribution >= 0.6 is 7.75 Å². The molecule has 40 heavy (non-hydrogen) atoms. The summed E-state index contributed by atoms with van der Waals surface area (Å²) in [5, 5.41) is 30.4. The molecule has 0 spiro atoms. The molecule has 1 fully saturated rings. The van der Waals surface area contributed by atoms with Crippen molar-refractivity contribution < 1.29 is 38.1 Å². The average molecular weight is 580 g/mol. The molecule has 13 nitrogen and oxygen atoms in total. The molecule has 0 saturated carbocycles. The van der Waals surface area contributed by atoms with E-state index in [-0.39, 0.29) is 17.0 Å². The number of hydrogen-bond donors (Lipinski definition) is 4. The smallest absolute Gasteiger partial charge is 0.459 e. The SMILES string of the molecule is COC(=O)[C@H](C)NP(=O)(OC[C@H]1O[C@@](C)(C2CC=C3C(N)=NC=NN32)[C@H](O)[C@@H]1O)Oc1ccc(C(C)(C)C)cc1. The second-order valence-corrected chi connectivity index (χ2v) is 12.9. The van der Waals surface area contributed by atoms with Crippen molar-refractivity contribution >= 4 is 25.9 Å². The fourth-order valence-electron chi connectivity index (χ4n) is 4.93. The van der Waals surface area contributed by atoms with Crippen molar-refractivity contribution in [3.05, 3.63) is 41.6 Å². The van der Waals surface area contributed by atoms with Gasteiger partial charge >= 0.3 is 13.7 Å². The van der Waals surface area contributed by atoms with Crippen molar-refractivity contribution in [3.8, 4) is 5.75 Å². The third-order valence-corrected chi connectivity index (χ3v) is 8.98. The standard InChI is InChI=1S/C26H38N5O8P/c1-15(24(34)36-6)30-40(35,39-17-9-7-16(8-10-17)25(2,3)4)37-13-19-21(32)22(33)26(5,38-19)20-12-11-18-23(27)28-14-29-31(18)20/h7-11,14-15,19-22,32-33H,12-13H2,1-6H3,(H,30,35)(H2,27,28,29)/t15-,19+,20?,21+,22+,26-,40?/m0/s1. The topological polar surface area (TPSA) is 178 Å². The third kappa shape index (κ3) is 5.95. The lowest BCUT2D eigenvalue weighted by atomic mass is 9.87. The third-order valence-electron chi connectivity index (χ3n) is 7.33. The first kappa shape index (κ1) is 30.2. The predicted molar refractivity (Wildman–Crippen MR) is 148 cm³/mol. The van der Waals surface area contributed by atoms with Crippen LogP contribution in [0.3, 0.4) is 0 Å². The van der Waals surface area contributed by atoms with E-state index in [2.05, 4.69) is 36.0 Å². The Morgan fingerprint density at radius 2 is 2.00 bits per heavy atom. The Kier molecular flexibility index (Phi) is 8.47. The molecule has 1 aromatic carbocycles. The van der Waals surface area contributed by atoms with Gasteiger partial charge in [-0.15, -0.1) is 0 Å². The summed E-state index contributed by atoms with van der Waals surface area (Å²) in [6.45, 7) is 8.88. The van der Waals surface area contributed by atoms with Crippen molar-refractivity contribution in [2.24, 2.45) is 15.8 Å². The zero-order chi connectivity index (χ0) is 29.5. The first-order chi connectivity index (χ1) is 18.7. The van der Waals surface area contributed by atoms with Gasteiger partial charge in [-0.3, -0.25) is 14.3 Å². The minimum atomic E-state index is -4.22. The van der Waals surface area contributed by atoms with Gasteiger partial charge in [-0.25, -0.2) is 9.56 Å². The van der Waals surface area contributed by atoms with Crippen LogP contribution < -0.4 is 15.3 Å². The van der Waals surface area contributed by atoms with Gasteiger partial charge in [-0.1, -0.05) is 39.0 Å². The van der Waals surface area contributed by atoms with Gasteiger partial charge in [-0.2, -0.15) is 10.2 Å². The van der Waals surface area contributed by atoms with E-state index in [0.29, 0.717) is 12.1 Å². The largest absolute Gasteiger partial charge is 0.468 e. The summed E-state index contributed by atoms with van der Waals surface area (Å²) in [4.78, 5) is 16.1. The highest BCUT2D eigenvalue weighted by atomic mass is 31.2. The summed E-state index contributed by atoms with van der Waals surface area (Å²) in [7, 11) is -3.01. The number of nitrogens with zero attached hydrogens (tertiary/aromatic N) is 3. The van der Waals surface area contributed by atoms with E-state index < -0.39 is 56.3 Å². The normalized spacial score (nSPS) is 30.2. The maximum absolute atomic E-state index is 13.9. The number of esters is 1. The van der Waals surface area contributed by atoms with Crippen LogP contribution in [0.25, 0.3) is 0 Å². The second-order valence-electron chi connectivity index (χ2n) is 11.2. The maximum atomic E-state index is 13.9. The van der Waals surface area contributed by atoms with Crippen molar-refractivity contribution in [2.45, 2.75) is 82.5 Å². The Labute approximate surface area is 233 Å². The molecule has 0 bridgehead atoms. The fourth-order valence-corrected chi connectivity index (χ4v) is 6.44. The molecule has 0 aromatic heterocycles. The number of nitrogens with two attached hydrogens (primary N) is 1. The van der Waals surface area contributed by atoms with Gasteiger partial charge in [0.05, 0.1) is 25.5 Å². The molecule has 1 aromatic rings. The number of aliphatic imine (C=N–C) groups is 1. The molecular weight excluding hydrogens is 541 g/mol. The summed E-state index contributed by atoms with van der Waals surface area (Å²) in [5.74, 6) is -0.149. The number of benzene rings is 1. The maximum Gasteiger partial charge on any atom is 0.459 e. The van der Waals surface area contributed by atoms with E-state index in [1.807, 2.05) is 18.2 Å². The number of aliphatic hydroxyl groups is 2. The van der Waals surface area contributed by atoms with Crippen LogP contribution in [-0.2, 0) is 28.8 Å². The summed E-state index contributed by atoms with van der Waals surface area (Å²) in [6, 6.07) is 5.47. The van der Waals surface area contributed by atoms with Gasteiger partial charge < -0.3 is 29.9 Å². The summed E-state index contributed by atoms with van der Waals surface area (Å²) >= 11 is 0. The molecule has 220 valence electrons. The Balaban J connectivity index is 1.50. The van der Waals surface area contributed by atoms with E-state index in [0.717, 1.165) is 5.56 Å². The number of nitrogens with one attached hydrogen (secondary N) is 1. The Morgan fingerprint density at radius 1 is 1.32 bits per heavy atom. The van der Waals surface area contributed by atoms with Crippen LogP contribution in [0, 0.1) is 0 Å². The van der Waals surface area contributed by atoms with Gasteiger partial charge in [-0.05, 0) is 43.4 Å². The number of methoxy groups -OCH3 is 1. The molecule has 5 N–H and O–H groups in total. The molecule has 3 aliphatic rings. The first-order valence-electron chi connectivity index (χ1n) is 13.0. The number of hydrogen-bond acceptors (Lipinski definition) is 12. The quantitative estimate of drug-likeness (QED) is 0.248. The summed E-state index contributed by atoms with van der Waals surface area (Å²) in [6.07, 6.45) is -0.223. The molecule has 14 heteroatoms. The Bertz CT molecular complexity index is 1250. The number of hydrazone groups is 1. The number of rotatable bonds is 9. The minimum absolute atomic E-state index is 0.104. The van der Waals surface area contributed by atoms with E-state index >= 15 is 0 Å². The van der Waals surface area contributed by atoms with E-state index in [1.165, 1.54) is 20.4 Å². The lowest BCUT2D eigenvalue weighted by Gasteiger charge is -2.39. The molecule has 7 atom stereocenters. The monoisotopic (exact) mass is 579 g/mol. The van der Waals surface area contributed by atoms with Crippen LogP contribution in [0.4, 0.5) is 0 Å². The fraction of sp³-hybridized carbons (Fsp3) is 0.577. The zero-order valence-electron chi connectivity index (χ0n) is 23.5. The first-order valence-corrected chi connectivity index (χ1v) is 14.5. The van der Waals surface area contributed by atoms with Crippen LogP contribution in [-0.4, -0.2) is 83.1 Å². The number of carbonyl (C=O) groups excluding carboxylic acids is 1. The highest BCUT2D eigenvalue weighted by Crippen LogP contribution is 2.47. The van der Waals surface area contributed by atoms with Crippen molar-refractivity contribution in [3.63, 3.8) is 0 Å². The molecule has 0 amide bonds. The Morgan fingerprint density at radius 3 is 2.62 bits per heavy atom. The molecule has 0 radical (unpaired) electrons. The molecule has 1 saturated heterocycles. The van der Waals surface area contributed by atoms with Gasteiger partial charge in [0, 0.05) is 0 Å². The van der Waals surface area contributed by atoms with Crippen LogP contribution in [0.1, 0.15) is 46.6 Å². The van der Waals surface area contributed by atoms with Crippen LogP contribution in [0.15, 0.2) is 46.1 Å². The van der Waals surface area contributed by atoms with Crippen molar-refractivity contribution in [1.82, 2.24) is 10.1 Å². The highest BCUT2D eigenvalue weighted by molar-refractivity contribution is 7.52. The van der Waals surface area contributed by atoms with E-state index in [4.69, 9.17) is 24.3 Å². The van der Waals surface area contributed by atoms with Crippen LogP contribution in [0.5, 0.6) is 5.75 Å². The second kappa shape index (κ2) is 11.2. The number of carbonyl (C=O) groups is 1. The molecule has 2 unspecified atom stereocenters. The molecule has 0 aliphatic carbocycles. The van der Waals surface area contributed by atoms with Crippen LogP contribution in [0.2, 0.25) is 0 Å². The number of fused-ring (bicyclic) bond motifs is 1. The van der Waals surface area contributed by atoms with Gasteiger partial charge in [0.1, 0.15) is 42.0 Å². The molecule has 3 heterocycles. The number of amidine groups is 1. The number of aliphatic hydroxyl groups excluding tert-OH is 2. The average Bonchev–Trinajstić information content (AvgIpc) is 3.43. The molecular formula is C26H38N5O8P. The predicted octanol–water partition coefficient (Wildman–Crippen LogP) is 1.79.